The van der Waals surface area contributed by atoms with Crippen molar-refractivity contribution in [2.45, 2.75) is 32.7 Å². The van der Waals surface area contributed by atoms with E-state index < -0.39 is 5.82 Å². The Bertz CT molecular complexity index is 461. The number of amides is 1. The summed E-state index contributed by atoms with van der Waals surface area (Å²) >= 11 is 0. The van der Waals surface area contributed by atoms with E-state index in [0.717, 1.165) is 12.1 Å². The van der Waals surface area contributed by atoms with Crippen LogP contribution in [0.1, 0.15) is 35.7 Å². The largest absolute Gasteiger partial charge is 0.350 e. The van der Waals surface area contributed by atoms with Crippen molar-refractivity contribution < 1.29 is 9.18 Å². The molecule has 104 valence electrons. The number of hydrogen-bond donors (Lipinski definition) is 2. The number of aryl methyl sites for hydroxylation is 1. The molecule has 1 aromatic rings. The SMILES string of the molecule is Cc1ccc(F)c(C(=O)NCC2NCCCC2C)c1. The van der Waals surface area contributed by atoms with Gasteiger partial charge in [0.05, 0.1) is 5.56 Å². The number of hydrogen-bond acceptors (Lipinski definition) is 2. The smallest absolute Gasteiger partial charge is 0.254 e. The summed E-state index contributed by atoms with van der Waals surface area (Å²) in [5, 5.41) is 6.22. The van der Waals surface area contributed by atoms with Crippen molar-refractivity contribution in [3.05, 3.63) is 35.1 Å². The molecule has 19 heavy (non-hydrogen) atoms. The van der Waals surface area contributed by atoms with Crippen LogP contribution in [-0.4, -0.2) is 25.0 Å². The van der Waals surface area contributed by atoms with Crippen molar-refractivity contribution in [1.82, 2.24) is 10.6 Å². The van der Waals surface area contributed by atoms with Crippen LogP contribution in [0.4, 0.5) is 4.39 Å². The van der Waals surface area contributed by atoms with Crippen LogP contribution in [0.25, 0.3) is 0 Å². The first-order valence-electron chi connectivity index (χ1n) is 6.85. The summed E-state index contributed by atoms with van der Waals surface area (Å²) in [5.74, 6) is -0.259. The quantitative estimate of drug-likeness (QED) is 0.879. The lowest BCUT2D eigenvalue weighted by Crippen LogP contribution is -2.47. The Kier molecular flexibility index (Phi) is 4.53. The number of nitrogens with one attached hydrogen (secondary N) is 2. The third-order valence-electron chi connectivity index (χ3n) is 3.78. The summed E-state index contributed by atoms with van der Waals surface area (Å²) in [6.45, 7) is 5.56. The van der Waals surface area contributed by atoms with Gasteiger partial charge in [0.1, 0.15) is 5.82 Å². The van der Waals surface area contributed by atoms with Crippen molar-refractivity contribution in [3.63, 3.8) is 0 Å². The minimum Gasteiger partial charge on any atom is -0.350 e. The van der Waals surface area contributed by atoms with Gasteiger partial charge in [-0.05, 0) is 44.4 Å². The van der Waals surface area contributed by atoms with Gasteiger partial charge in [-0.25, -0.2) is 4.39 Å². The summed E-state index contributed by atoms with van der Waals surface area (Å²) in [6, 6.07) is 4.87. The first-order chi connectivity index (χ1) is 9.08. The van der Waals surface area contributed by atoms with Gasteiger partial charge in [-0.1, -0.05) is 18.6 Å². The van der Waals surface area contributed by atoms with Crippen LogP contribution in [-0.2, 0) is 0 Å². The predicted molar refractivity (Wildman–Crippen MR) is 73.7 cm³/mol. The second kappa shape index (κ2) is 6.15. The highest BCUT2D eigenvalue weighted by Crippen LogP contribution is 2.15. The highest BCUT2D eigenvalue weighted by molar-refractivity contribution is 5.94. The van der Waals surface area contributed by atoms with Crippen molar-refractivity contribution in [1.29, 1.82) is 0 Å². The number of halogens is 1. The fourth-order valence-electron chi connectivity index (χ4n) is 2.50. The average molecular weight is 264 g/mol. The molecule has 2 unspecified atom stereocenters. The van der Waals surface area contributed by atoms with Crippen LogP contribution in [0.3, 0.4) is 0 Å². The number of rotatable bonds is 3. The number of carbonyl (C=O) groups is 1. The second-order valence-electron chi connectivity index (χ2n) is 5.37. The zero-order valence-corrected chi connectivity index (χ0v) is 11.5. The van der Waals surface area contributed by atoms with Gasteiger partial charge in [-0.3, -0.25) is 4.79 Å². The fourth-order valence-corrected chi connectivity index (χ4v) is 2.50. The van der Waals surface area contributed by atoms with Gasteiger partial charge in [-0.15, -0.1) is 0 Å². The minimum absolute atomic E-state index is 0.128. The molecule has 3 nitrogen and oxygen atoms in total. The summed E-state index contributed by atoms with van der Waals surface area (Å²) in [4.78, 5) is 12.0. The maximum atomic E-state index is 13.6. The third-order valence-corrected chi connectivity index (χ3v) is 3.78. The van der Waals surface area contributed by atoms with Crippen LogP contribution in [0, 0.1) is 18.7 Å². The zero-order valence-electron chi connectivity index (χ0n) is 11.5. The molecule has 1 aromatic carbocycles. The van der Waals surface area contributed by atoms with E-state index >= 15 is 0 Å². The average Bonchev–Trinajstić information content (AvgIpc) is 2.40. The molecule has 1 aliphatic rings. The van der Waals surface area contributed by atoms with Gasteiger partial charge in [0.25, 0.3) is 5.91 Å². The summed E-state index contributed by atoms with van der Waals surface area (Å²) in [5.41, 5.74) is 1.01. The predicted octanol–water partition coefficient (Wildman–Crippen LogP) is 2.25. The van der Waals surface area contributed by atoms with Crippen molar-refractivity contribution in [3.8, 4) is 0 Å². The Hall–Kier alpha value is -1.42. The van der Waals surface area contributed by atoms with E-state index in [4.69, 9.17) is 0 Å². The summed E-state index contributed by atoms with van der Waals surface area (Å²) < 4.78 is 13.6. The van der Waals surface area contributed by atoms with E-state index in [9.17, 15) is 9.18 Å². The van der Waals surface area contributed by atoms with Gasteiger partial charge >= 0.3 is 0 Å². The van der Waals surface area contributed by atoms with E-state index in [2.05, 4.69) is 17.6 Å². The number of carbonyl (C=O) groups excluding carboxylic acids is 1. The van der Waals surface area contributed by atoms with Crippen LogP contribution in [0.2, 0.25) is 0 Å². The lowest BCUT2D eigenvalue weighted by atomic mass is 9.93. The first-order valence-corrected chi connectivity index (χ1v) is 6.85. The third kappa shape index (κ3) is 3.53. The van der Waals surface area contributed by atoms with Crippen molar-refractivity contribution in [2.24, 2.45) is 5.92 Å². The lowest BCUT2D eigenvalue weighted by molar-refractivity contribution is 0.0939. The second-order valence-corrected chi connectivity index (χ2v) is 5.37. The minimum atomic E-state index is -0.465. The van der Waals surface area contributed by atoms with Gasteiger partial charge < -0.3 is 10.6 Å². The first kappa shape index (κ1) is 14.0. The monoisotopic (exact) mass is 264 g/mol. The van der Waals surface area contributed by atoms with Crippen molar-refractivity contribution in [2.75, 3.05) is 13.1 Å². The van der Waals surface area contributed by atoms with Gasteiger partial charge in [0, 0.05) is 12.6 Å². The molecule has 0 spiro atoms. The molecule has 2 atom stereocenters. The highest BCUT2D eigenvalue weighted by atomic mass is 19.1. The Labute approximate surface area is 113 Å². The molecule has 0 bridgehead atoms. The Morgan fingerprint density at radius 1 is 1.53 bits per heavy atom. The lowest BCUT2D eigenvalue weighted by Gasteiger charge is -2.30. The highest BCUT2D eigenvalue weighted by Gasteiger charge is 2.21. The van der Waals surface area contributed by atoms with E-state index in [1.54, 1.807) is 12.1 Å². The molecule has 1 heterocycles. The van der Waals surface area contributed by atoms with Crippen molar-refractivity contribution >= 4 is 5.91 Å². The van der Waals surface area contributed by atoms with E-state index in [-0.39, 0.29) is 17.5 Å². The molecule has 4 heteroatoms. The molecule has 0 saturated carbocycles. The molecular weight excluding hydrogens is 243 g/mol. The number of piperidine rings is 1. The molecule has 0 radical (unpaired) electrons. The molecule has 0 aliphatic carbocycles. The van der Waals surface area contributed by atoms with Gasteiger partial charge in [-0.2, -0.15) is 0 Å². The Morgan fingerprint density at radius 3 is 3.05 bits per heavy atom. The van der Waals surface area contributed by atoms with E-state index in [1.807, 2.05) is 6.92 Å². The van der Waals surface area contributed by atoms with Crippen LogP contribution >= 0.6 is 0 Å². The normalized spacial score (nSPS) is 23.1. The molecule has 1 fully saturated rings. The topological polar surface area (TPSA) is 41.1 Å². The molecule has 0 aromatic heterocycles. The van der Waals surface area contributed by atoms with E-state index in [1.165, 1.54) is 18.9 Å². The van der Waals surface area contributed by atoms with Crippen LogP contribution < -0.4 is 10.6 Å². The molecule has 1 saturated heterocycles. The van der Waals surface area contributed by atoms with Gasteiger partial charge in [0.15, 0.2) is 0 Å². The van der Waals surface area contributed by atoms with E-state index in [0.29, 0.717) is 12.5 Å². The molecule has 1 amide bonds. The number of benzene rings is 1. The molecule has 1 aliphatic heterocycles. The Morgan fingerprint density at radius 2 is 2.32 bits per heavy atom. The molecule has 2 N–H and O–H groups in total. The van der Waals surface area contributed by atoms with Crippen LogP contribution in [0.15, 0.2) is 18.2 Å². The maximum Gasteiger partial charge on any atom is 0.254 e. The standard InChI is InChI=1S/C15H21FN2O/c1-10-5-6-13(16)12(8-10)15(19)18-9-14-11(2)4-3-7-17-14/h5-6,8,11,14,17H,3-4,7,9H2,1-2H3,(H,18,19). The zero-order chi connectivity index (χ0) is 13.8. The molecular formula is C15H21FN2O. The van der Waals surface area contributed by atoms with Crippen LogP contribution in [0.5, 0.6) is 0 Å². The fraction of sp³-hybridized carbons (Fsp3) is 0.533. The Balaban J connectivity index is 1.95. The summed E-state index contributed by atoms with van der Waals surface area (Å²) in [6.07, 6.45) is 2.35. The van der Waals surface area contributed by atoms with Gasteiger partial charge in [0.2, 0.25) is 0 Å². The maximum absolute atomic E-state index is 13.6. The summed E-state index contributed by atoms with van der Waals surface area (Å²) in [7, 11) is 0. The molecule has 2 rings (SSSR count).